The van der Waals surface area contributed by atoms with Gasteiger partial charge in [-0.25, -0.2) is 0 Å². The average molecular weight is 123 g/mol. The molecule has 0 amide bonds. The maximum absolute atomic E-state index is 4.44. The molecule has 0 atom stereocenters. The van der Waals surface area contributed by atoms with E-state index in [4.69, 9.17) is 0 Å². The van der Waals surface area contributed by atoms with Gasteiger partial charge in [0.2, 0.25) is 0 Å². The summed E-state index contributed by atoms with van der Waals surface area (Å²) in [6.45, 7) is 0. The van der Waals surface area contributed by atoms with Gasteiger partial charge in [0.15, 0.2) is 0 Å². The summed E-state index contributed by atoms with van der Waals surface area (Å²) in [6.07, 6.45) is 0. The minimum absolute atomic E-state index is 0. The molecular formula is C4H13NO3. The highest BCUT2D eigenvalue weighted by Crippen LogP contribution is 1.83. The van der Waals surface area contributed by atoms with E-state index < -0.39 is 0 Å². The molecule has 0 aliphatic rings. The second-order valence-electron chi connectivity index (χ2n) is 0.771. The smallest absolute Gasteiger partial charge is 0.0758 e. The van der Waals surface area contributed by atoms with E-state index in [9.17, 15) is 0 Å². The lowest BCUT2D eigenvalue weighted by Gasteiger charge is -2.10. The topological polar surface area (TPSA) is 30.9 Å². The summed E-state index contributed by atoms with van der Waals surface area (Å²) in [7, 11) is 4.31. The zero-order valence-electron chi connectivity index (χ0n) is 4.67. The molecule has 0 heterocycles. The molecule has 52 valence electrons. The Morgan fingerprint density at radius 1 is 0.875 bits per heavy atom. The van der Waals surface area contributed by atoms with Gasteiger partial charge in [-0.15, -0.1) is 0 Å². The summed E-state index contributed by atoms with van der Waals surface area (Å²) in [5, 5.41) is 0.875. The van der Waals surface area contributed by atoms with Crippen LogP contribution in [0.4, 0.5) is 0 Å². The van der Waals surface area contributed by atoms with Gasteiger partial charge >= 0.3 is 0 Å². The Labute approximate surface area is 49.8 Å². The van der Waals surface area contributed by atoms with Gasteiger partial charge in [0.1, 0.15) is 0 Å². The Hall–Kier alpha value is -0.160. The van der Waals surface area contributed by atoms with Crippen LogP contribution in [-0.4, -0.2) is 26.7 Å². The molecule has 0 aliphatic carbocycles. The quantitative estimate of drug-likeness (QED) is 0.514. The summed E-state index contributed by atoms with van der Waals surface area (Å²) in [4.78, 5) is 13.3. The molecular weight excluding hydrogens is 110 g/mol. The van der Waals surface area contributed by atoms with Crippen LogP contribution in [0.25, 0.3) is 0 Å². The molecule has 4 heteroatoms. The third-order valence-electron chi connectivity index (χ3n) is 0.447. The van der Waals surface area contributed by atoms with Crippen LogP contribution in [0.3, 0.4) is 0 Å². The predicted molar refractivity (Wildman–Crippen MR) is 29.6 cm³/mol. The van der Waals surface area contributed by atoms with E-state index in [-0.39, 0.29) is 7.43 Å². The number of hydrogen-bond donors (Lipinski definition) is 0. The molecule has 0 saturated carbocycles. The molecule has 0 aromatic heterocycles. The second kappa shape index (κ2) is 6.84. The molecule has 0 aliphatic heterocycles. The molecule has 0 aromatic rings. The first-order valence-corrected chi connectivity index (χ1v) is 1.77. The van der Waals surface area contributed by atoms with Crippen molar-refractivity contribution in [3.8, 4) is 0 Å². The maximum atomic E-state index is 4.44. The molecule has 4 nitrogen and oxygen atoms in total. The Morgan fingerprint density at radius 2 is 1.12 bits per heavy atom. The fraction of sp³-hybridized carbons (Fsp3) is 1.00. The number of nitrogens with zero attached hydrogens (tertiary/aromatic N) is 1. The van der Waals surface area contributed by atoms with Crippen LogP contribution in [-0.2, 0) is 14.5 Å². The van der Waals surface area contributed by atoms with Crippen LogP contribution in [0.1, 0.15) is 7.43 Å². The van der Waals surface area contributed by atoms with Gasteiger partial charge in [-0.2, -0.15) is 0 Å². The van der Waals surface area contributed by atoms with E-state index in [0.717, 1.165) is 5.39 Å². The van der Waals surface area contributed by atoms with E-state index in [2.05, 4.69) is 14.5 Å². The fourth-order valence-electron chi connectivity index (χ4n) is 0.224. The van der Waals surface area contributed by atoms with Gasteiger partial charge in [-0.1, -0.05) is 7.43 Å². The van der Waals surface area contributed by atoms with E-state index in [1.807, 2.05) is 0 Å². The van der Waals surface area contributed by atoms with Crippen molar-refractivity contribution < 1.29 is 14.5 Å². The highest BCUT2D eigenvalue weighted by atomic mass is 17.2. The Kier molecular flexibility index (Phi) is 9.20. The van der Waals surface area contributed by atoms with Crippen molar-refractivity contribution >= 4 is 0 Å². The lowest BCUT2D eigenvalue weighted by atomic mass is 11.7. The van der Waals surface area contributed by atoms with Crippen molar-refractivity contribution in [2.24, 2.45) is 0 Å². The zero-order chi connectivity index (χ0) is 5.70. The van der Waals surface area contributed by atoms with Crippen LogP contribution >= 0.6 is 0 Å². The fourth-order valence-corrected chi connectivity index (χ4v) is 0.224. The minimum Gasteiger partial charge on any atom is -0.254 e. The highest BCUT2D eigenvalue weighted by molar-refractivity contribution is 3.72. The van der Waals surface area contributed by atoms with Gasteiger partial charge in [0.05, 0.1) is 26.7 Å². The van der Waals surface area contributed by atoms with E-state index >= 15 is 0 Å². The van der Waals surface area contributed by atoms with Crippen molar-refractivity contribution in [2.45, 2.75) is 7.43 Å². The molecule has 0 N–H and O–H groups in total. The van der Waals surface area contributed by atoms with Gasteiger partial charge in [-0.3, -0.25) is 14.5 Å². The second-order valence-corrected chi connectivity index (χ2v) is 0.771. The summed E-state index contributed by atoms with van der Waals surface area (Å²) in [6, 6.07) is 0. The summed E-state index contributed by atoms with van der Waals surface area (Å²) < 4.78 is 0. The van der Waals surface area contributed by atoms with Crippen LogP contribution in [0.15, 0.2) is 0 Å². The lowest BCUT2D eigenvalue weighted by molar-refractivity contribution is -0.502. The summed E-state index contributed by atoms with van der Waals surface area (Å²) in [5.74, 6) is 0. The van der Waals surface area contributed by atoms with Gasteiger partial charge in [0, 0.05) is 0 Å². The molecule has 0 fully saturated rings. The molecule has 0 bridgehead atoms. The molecule has 0 radical (unpaired) electrons. The van der Waals surface area contributed by atoms with Crippen molar-refractivity contribution in [3.63, 3.8) is 0 Å². The van der Waals surface area contributed by atoms with Crippen molar-refractivity contribution in [1.29, 1.82) is 0 Å². The van der Waals surface area contributed by atoms with Crippen LogP contribution in [0, 0.1) is 0 Å². The third kappa shape index (κ3) is 4.01. The average Bonchev–Trinajstić information content (AvgIpc) is 1.72. The molecule has 0 spiro atoms. The van der Waals surface area contributed by atoms with Crippen molar-refractivity contribution in [1.82, 2.24) is 5.39 Å². The third-order valence-corrected chi connectivity index (χ3v) is 0.447. The molecule has 8 heavy (non-hydrogen) atoms. The van der Waals surface area contributed by atoms with Crippen molar-refractivity contribution in [3.05, 3.63) is 0 Å². The maximum Gasteiger partial charge on any atom is 0.0758 e. The van der Waals surface area contributed by atoms with Crippen LogP contribution in [0.2, 0.25) is 0 Å². The monoisotopic (exact) mass is 123 g/mol. The zero-order valence-corrected chi connectivity index (χ0v) is 4.67. The summed E-state index contributed by atoms with van der Waals surface area (Å²) >= 11 is 0. The normalized spacial score (nSPS) is 9.00. The van der Waals surface area contributed by atoms with Crippen molar-refractivity contribution in [2.75, 3.05) is 21.3 Å². The summed E-state index contributed by atoms with van der Waals surface area (Å²) in [5.41, 5.74) is 0. The first kappa shape index (κ1) is 10.8. The largest absolute Gasteiger partial charge is 0.254 e. The molecule has 0 unspecified atom stereocenters. The number of hydrogen-bond acceptors (Lipinski definition) is 4. The molecule has 0 rings (SSSR count). The minimum atomic E-state index is 0. The van der Waals surface area contributed by atoms with E-state index in [1.54, 1.807) is 0 Å². The Morgan fingerprint density at radius 3 is 1.12 bits per heavy atom. The Balaban J connectivity index is 0. The molecule has 0 saturated heterocycles. The van der Waals surface area contributed by atoms with Gasteiger partial charge < -0.3 is 0 Å². The van der Waals surface area contributed by atoms with Gasteiger partial charge in [-0.05, 0) is 0 Å². The molecule has 0 aromatic carbocycles. The first-order valence-electron chi connectivity index (χ1n) is 1.77. The first-order chi connectivity index (χ1) is 3.35. The number of rotatable bonds is 3. The highest BCUT2D eigenvalue weighted by Gasteiger charge is 1.92. The Bertz CT molecular complexity index is 32.8. The lowest BCUT2D eigenvalue weighted by Crippen LogP contribution is -2.18. The predicted octanol–water partition coefficient (Wildman–Crippen LogP) is 0.609. The standard InChI is InChI=1S/C3H9NO3.CH4/c1-5-4(6-2)7-3;/h1-3H3;1H4. The SMILES string of the molecule is C.CON(OC)OC. The van der Waals surface area contributed by atoms with Crippen LogP contribution in [0.5, 0.6) is 0 Å². The van der Waals surface area contributed by atoms with Crippen LogP contribution < -0.4 is 0 Å². The van der Waals surface area contributed by atoms with Gasteiger partial charge in [0.25, 0.3) is 0 Å². The van der Waals surface area contributed by atoms with E-state index in [1.165, 1.54) is 21.3 Å². The van der Waals surface area contributed by atoms with E-state index in [0.29, 0.717) is 0 Å².